The van der Waals surface area contributed by atoms with Crippen LogP contribution in [0.15, 0.2) is 30.3 Å². The van der Waals surface area contributed by atoms with Crippen LogP contribution in [-0.4, -0.2) is 18.2 Å². The number of aliphatic hydroxyl groups excluding tert-OH is 1. The summed E-state index contributed by atoms with van der Waals surface area (Å²) in [4.78, 5) is 10.9. The van der Waals surface area contributed by atoms with Gasteiger partial charge in [-0.3, -0.25) is 4.79 Å². The van der Waals surface area contributed by atoms with Gasteiger partial charge in [-0.2, -0.15) is 0 Å². The largest absolute Gasteiger partial charge is 0.469 e. The Morgan fingerprint density at radius 3 is 2.88 bits per heavy atom. The molecule has 0 fully saturated rings. The van der Waals surface area contributed by atoms with Crippen molar-refractivity contribution < 1.29 is 14.6 Å². The van der Waals surface area contributed by atoms with Crippen LogP contribution in [0, 0.1) is 0 Å². The quantitative estimate of drug-likeness (QED) is 0.773. The molecular weight excluding hydrogens is 204 g/mol. The maximum Gasteiger partial charge on any atom is 0.305 e. The van der Waals surface area contributed by atoms with E-state index in [1.807, 2.05) is 36.4 Å². The van der Waals surface area contributed by atoms with E-state index in [1.54, 1.807) is 0 Å². The third-order valence-electron chi connectivity index (χ3n) is 2.27. The van der Waals surface area contributed by atoms with Gasteiger partial charge in [0.25, 0.3) is 0 Å². The number of benzene rings is 1. The zero-order chi connectivity index (χ0) is 11.8. The van der Waals surface area contributed by atoms with Gasteiger partial charge in [-0.25, -0.2) is 0 Å². The minimum Gasteiger partial charge on any atom is -0.469 e. The molecular formula is C13H16O3. The monoisotopic (exact) mass is 220 g/mol. The molecule has 1 aromatic carbocycles. The normalized spacial score (nSPS) is 10.6. The van der Waals surface area contributed by atoms with Crippen LogP contribution in [0.1, 0.15) is 24.0 Å². The first-order chi connectivity index (χ1) is 7.77. The second kappa shape index (κ2) is 6.80. The van der Waals surface area contributed by atoms with Gasteiger partial charge in [-0.1, -0.05) is 36.4 Å². The molecule has 0 aliphatic heterocycles. The van der Waals surface area contributed by atoms with E-state index in [1.165, 1.54) is 7.11 Å². The predicted octanol–water partition coefficient (Wildman–Crippen LogP) is 2.15. The number of carbonyl (C=O) groups is 1. The molecule has 0 radical (unpaired) electrons. The summed E-state index contributed by atoms with van der Waals surface area (Å²) in [5.41, 5.74) is 1.87. The Labute approximate surface area is 95.4 Å². The van der Waals surface area contributed by atoms with Crippen molar-refractivity contribution in [2.24, 2.45) is 0 Å². The SMILES string of the molecule is COC(=O)CC/C=C/c1ccccc1CO. The average Bonchev–Trinajstić information content (AvgIpc) is 2.34. The van der Waals surface area contributed by atoms with Gasteiger partial charge in [-0.15, -0.1) is 0 Å². The second-order valence-corrected chi connectivity index (χ2v) is 3.37. The van der Waals surface area contributed by atoms with E-state index in [4.69, 9.17) is 5.11 Å². The summed E-state index contributed by atoms with van der Waals surface area (Å²) in [7, 11) is 1.38. The molecule has 0 atom stereocenters. The lowest BCUT2D eigenvalue weighted by Gasteiger charge is -2.01. The first-order valence-electron chi connectivity index (χ1n) is 5.20. The van der Waals surface area contributed by atoms with Crippen molar-refractivity contribution in [2.45, 2.75) is 19.4 Å². The number of aliphatic hydroxyl groups is 1. The molecule has 16 heavy (non-hydrogen) atoms. The summed E-state index contributed by atoms with van der Waals surface area (Å²) < 4.78 is 4.53. The first-order valence-corrected chi connectivity index (χ1v) is 5.20. The minimum atomic E-state index is -0.208. The van der Waals surface area contributed by atoms with E-state index in [2.05, 4.69) is 4.74 Å². The Balaban J connectivity index is 2.52. The topological polar surface area (TPSA) is 46.5 Å². The molecule has 1 N–H and O–H groups in total. The predicted molar refractivity (Wildman–Crippen MR) is 62.6 cm³/mol. The molecule has 0 saturated carbocycles. The molecule has 0 spiro atoms. The number of methoxy groups -OCH3 is 1. The fourth-order valence-electron chi connectivity index (χ4n) is 1.35. The number of allylic oxidation sites excluding steroid dienone is 1. The Kier molecular flexibility index (Phi) is 5.29. The number of carbonyl (C=O) groups excluding carboxylic acids is 1. The number of ether oxygens (including phenoxy) is 1. The molecule has 1 rings (SSSR count). The Morgan fingerprint density at radius 2 is 2.19 bits per heavy atom. The van der Waals surface area contributed by atoms with Crippen LogP contribution in [0.3, 0.4) is 0 Å². The molecule has 0 amide bonds. The van der Waals surface area contributed by atoms with Crippen molar-refractivity contribution in [2.75, 3.05) is 7.11 Å². The standard InChI is InChI=1S/C13H16O3/c1-16-13(15)9-5-4-7-11-6-2-3-8-12(11)10-14/h2-4,6-8,14H,5,9-10H2,1H3/b7-4+. The number of hydrogen-bond donors (Lipinski definition) is 1. The van der Waals surface area contributed by atoms with Crippen molar-refractivity contribution in [3.05, 3.63) is 41.5 Å². The zero-order valence-electron chi connectivity index (χ0n) is 9.35. The highest BCUT2D eigenvalue weighted by Gasteiger charge is 1.98. The molecule has 0 bridgehead atoms. The molecule has 1 aromatic rings. The van der Waals surface area contributed by atoms with Crippen LogP contribution in [0.2, 0.25) is 0 Å². The highest BCUT2D eigenvalue weighted by Crippen LogP contribution is 2.11. The van der Waals surface area contributed by atoms with Gasteiger partial charge in [0.05, 0.1) is 13.7 Å². The minimum absolute atomic E-state index is 0.0253. The summed E-state index contributed by atoms with van der Waals surface area (Å²) in [5, 5.41) is 9.09. The van der Waals surface area contributed by atoms with Crippen LogP contribution in [0.25, 0.3) is 6.08 Å². The van der Waals surface area contributed by atoms with Crippen molar-refractivity contribution in [1.29, 1.82) is 0 Å². The Morgan fingerprint density at radius 1 is 1.44 bits per heavy atom. The maximum atomic E-state index is 10.9. The average molecular weight is 220 g/mol. The van der Waals surface area contributed by atoms with Crippen LogP contribution in [-0.2, 0) is 16.1 Å². The summed E-state index contributed by atoms with van der Waals surface area (Å²) in [6.45, 7) is 0.0253. The summed E-state index contributed by atoms with van der Waals surface area (Å²) >= 11 is 0. The third-order valence-corrected chi connectivity index (χ3v) is 2.27. The van der Waals surface area contributed by atoms with Crippen molar-refractivity contribution in [1.82, 2.24) is 0 Å². The summed E-state index contributed by atoms with van der Waals surface area (Å²) in [5.74, 6) is -0.208. The van der Waals surface area contributed by atoms with E-state index >= 15 is 0 Å². The lowest BCUT2D eigenvalue weighted by Crippen LogP contribution is -1.98. The lowest BCUT2D eigenvalue weighted by molar-refractivity contribution is -0.140. The molecule has 0 aliphatic carbocycles. The smallest absolute Gasteiger partial charge is 0.305 e. The zero-order valence-corrected chi connectivity index (χ0v) is 9.35. The van der Waals surface area contributed by atoms with E-state index in [0.29, 0.717) is 12.8 Å². The van der Waals surface area contributed by atoms with Gasteiger partial charge in [0.15, 0.2) is 0 Å². The highest BCUT2D eigenvalue weighted by molar-refractivity contribution is 5.69. The fourth-order valence-corrected chi connectivity index (χ4v) is 1.35. The van der Waals surface area contributed by atoms with Gasteiger partial charge in [-0.05, 0) is 17.5 Å². The third kappa shape index (κ3) is 3.87. The molecule has 3 heteroatoms. The molecule has 0 aliphatic rings. The van der Waals surface area contributed by atoms with Crippen molar-refractivity contribution in [3.63, 3.8) is 0 Å². The number of hydrogen-bond acceptors (Lipinski definition) is 3. The fraction of sp³-hybridized carbons (Fsp3) is 0.308. The maximum absolute atomic E-state index is 10.9. The summed E-state index contributed by atoms with van der Waals surface area (Å²) in [6.07, 6.45) is 4.85. The van der Waals surface area contributed by atoms with Crippen molar-refractivity contribution >= 4 is 12.0 Å². The van der Waals surface area contributed by atoms with E-state index in [0.717, 1.165) is 11.1 Å². The van der Waals surface area contributed by atoms with E-state index in [9.17, 15) is 4.79 Å². The van der Waals surface area contributed by atoms with Crippen LogP contribution < -0.4 is 0 Å². The molecule has 0 saturated heterocycles. The molecule has 0 heterocycles. The van der Waals surface area contributed by atoms with Gasteiger partial charge in [0.2, 0.25) is 0 Å². The van der Waals surface area contributed by atoms with E-state index < -0.39 is 0 Å². The Hall–Kier alpha value is -1.61. The molecule has 0 aromatic heterocycles. The van der Waals surface area contributed by atoms with Gasteiger partial charge < -0.3 is 9.84 Å². The molecule has 3 nitrogen and oxygen atoms in total. The lowest BCUT2D eigenvalue weighted by atomic mass is 10.1. The van der Waals surface area contributed by atoms with Gasteiger partial charge in [0.1, 0.15) is 0 Å². The molecule has 86 valence electrons. The second-order valence-electron chi connectivity index (χ2n) is 3.37. The first kappa shape index (κ1) is 12.5. The highest BCUT2D eigenvalue weighted by atomic mass is 16.5. The number of rotatable bonds is 5. The van der Waals surface area contributed by atoms with E-state index in [-0.39, 0.29) is 12.6 Å². The summed E-state index contributed by atoms with van der Waals surface area (Å²) in [6, 6.07) is 7.61. The number of esters is 1. The van der Waals surface area contributed by atoms with Crippen LogP contribution in [0.4, 0.5) is 0 Å². The Bertz CT molecular complexity index is 369. The molecule has 0 unspecified atom stereocenters. The van der Waals surface area contributed by atoms with Crippen molar-refractivity contribution in [3.8, 4) is 0 Å². The van der Waals surface area contributed by atoms with Gasteiger partial charge >= 0.3 is 5.97 Å². The van der Waals surface area contributed by atoms with Crippen LogP contribution in [0.5, 0.6) is 0 Å². The van der Waals surface area contributed by atoms with Gasteiger partial charge in [0, 0.05) is 6.42 Å². The van der Waals surface area contributed by atoms with Crippen LogP contribution >= 0.6 is 0 Å².